The molecule has 0 saturated carbocycles. The zero-order valence-electron chi connectivity index (χ0n) is 13.0. The van der Waals surface area contributed by atoms with E-state index in [9.17, 15) is 14.4 Å². The van der Waals surface area contributed by atoms with Crippen molar-refractivity contribution in [3.63, 3.8) is 0 Å². The van der Waals surface area contributed by atoms with Crippen molar-refractivity contribution in [3.05, 3.63) is 12.7 Å². The number of hydrogen-bond donors (Lipinski definition) is 2. The zero-order chi connectivity index (χ0) is 18.3. The van der Waals surface area contributed by atoms with E-state index in [1.807, 2.05) is 0 Å². The molecule has 0 aromatic rings. The van der Waals surface area contributed by atoms with Crippen LogP contribution in [0.1, 0.15) is 20.3 Å². The predicted molar refractivity (Wildman–Crippen MR) is 87.6 cm³/mol. The molecular weight excluding hydrogens is 371 g/mol. The van der Waals surface area contributed by atoms with Gasteiger partial charge in [-0.25, -0.2) is 9.59 Å². The number of carbonyl (C=O) groups is 3. The lowest BCUT2D eigenvalue weighted by Gasteiger charge is -2.29. The Hall–Kier alpha value is -1.18. The van der Waals surface area contributed by atoms with E-state index < -0.39 is 39.9 Å². The second-order valence-electron chi connectivity index (χ2n) is 4.86. The molecule has 7 nitrogen and oxygen atoms in total. The van der Waals surface area contributed by atoms with Gasteiger partial charge < -0.3 is 20.1 Å². The van der Waals surface area contributed by atoms with Gasteiger partial charge >= 0.3 is 12.1 Å². The van der Waals surface area contributed by atoms with Crippen LogP contribution in [0.3, 0.4) is 0 Å². The molecular formula is C13H19Cl3N2O5. The first-order chi connectivity index (χ1) is 10.4. The third kappa shape index (κ3) is 8.29. The van der Waals surface area contributed by atoms with E-state index >= 15 is 0 Å². The van der Waals surface area contributed by atoms with Crippen molar-refractivity contribution in [1.29, 1.82) is 0 Å². The van der Waals surface area contributed by atoms with Crippen LogP contribution in [0.15, 0.2) is 12.7 Å². The van der Waals surface area contributed by atoms with Crippen molar-refractivity contribution in [3.8, 4) is 0 Å². The molecule has 0 saturated heterocycles. The number of halogens is 3. The number of methoxy groups -OCH3 is 1. The number of alkyl carbamates (subject to hydrolysis) is 1. The first kappa shape index (κ1) is 21.8. The van der Waals surface area contributed by atoms with Crippen LogP contribution in [0.25, 0.3) is 0 Å². The summed E-state index contributed by atoms with van der Waals surface area (Å²) in [7, 11) is 1.19. The van der Waals surface area contributed by atoms with E-state index in [1.54, 1.807) is 0 Å². The van der Waals surface area contributed by atoms with Gasteiger partial charge in [0, 0.05) is 0 Å². The molecule has 0 aliphatic rings. The van der Waals surface area contributed by atoms with Gasteiger partial charge in [-0.15, -0.1) is 6.58 Å². The summed E-state index contributed by atoms with van der Waals surface area (Å²) in [5.41, 5.74) is -1.41. The molecule has 10 heteroatoms. The van der Waals surface area contributed by atoms with Crippen molar-refractivity contribution in [2.24, 2.45) is 0 Å². The van der Waals surface area contributed by atoms with Gasteiger partial charge in [0.05, 0.1) is 7.11 Å². The van der Waals surface area contributed by atoms with Gasteiger partial charge in [-0.2, -0.15) is 0 Å². The number of hydrogen-bond acceptors (Lipinski definition) is 5. The average Bonchev–Trinajstić information content (AvgIpc) is 2.43. The summed E-state index contributed by atoms with van der Waals surface area (Å²) >= 11 is 16.4. The van der Waals surface area contributed by atoms with Gasteiger partial charge in [0.2, 0.25) is 9.70 Å². The lowest BCUT2D eigenvalue weighted by atomic mass is 9.96. The van der Waals surface area contributed by atoms with Crippen LogP contribution < -0.4 is 10.6 Å². The molecule has 0 aromatic heterocycles. The summed E-state index contributed by atoms with van der Waals surface area (Å²) in [5, 5.41) is 4.78. The normalized spacial score (nSPS) is 14.9. The van der Waals surface area contributed by atoms with Gasteiger partial charge in [-0.05, 0) is 20.3 Å². The van der Waals surface area contributed by atoms with E-state index in [0.29, 0.717) is 0 Å². The highest BCUT2D eigenvalue weighted by Gasteiger charge is 2.36. The van der Waals surface area contributed by atoms with Crippen LogP contribution in [0.4, 0.5) is 4.79 Å². The Morgan fingerprint density at radius 1 is 1.30 bits per heavy atom. The Labute approximate surface area is 149 Å². The summed E-state index contributed by atoms with van der Waals surface area (Å²) in [6, 6.07) is -0.893. The molecule has 0 spiro atoms. The third-order valence-corrected chi connectivity index (χ3v) is 3.03. The molecule has 0 radical (unpaired) electrons. The number of ether oxygens (including phenoxy) is 2. The fraction of sp³-hybridized carbons (Fsp3) is 0.615. The topological polar surface area (TPSA) is 93.7 Å². The second-order valence-corrected chi connectivity index (χ2v) is 7.38. The Balaban J connectivity index is 4.89. The van der Waals surface area contributed by atoms with E-state index in [2.05, 4.69) is 21.9 Å². The van der Waals surface area contributed by atoms with Crippen molar-refractivity contribution < 1.29 is 23.9 Å². The Morgan fingerprint density at radius 2 is 1.87 bits per heavy atom. The first-order valence-corrected chi connectivity index (χ1v) is 7.60. The fourth-order valence-corrected chi connectivity index (χ4v) is 1.65. The van der Waals surface area contributed by atoms with Crippen molar-refractivity contribution in [2.75, 3.05) is 13.7 Å². The molecule has 0 heterocycles. The SMILES string of the molecule is C=CC[C@](C)(NC(=O)OCC(Cl)(Cl)Cl)C(=O)N[C@H](C)C(=O)OC. The van der Waals surface area contributed by atoms with Crippen LogP contribution in [0.2, 0.25) is 0 Å². The number of amides is 2. The molecule has 132 valence electrons. The first-order valence-electron chi connectivity index (χ1n) is 6.46. The largest absolute Gasteiger partial charge is 0.467 e. The lowest BCUT2D eigenvalue weighted by Crippen LogP contribution is -2.59. The van der Waals surface area contributed by atoms with Gasteiger partial charge in [-0.3, -0.25) is 4.79 Å². The second kappa shape index (κ2) is 9.20. The van der Waals surface area contributed by atoms with Crippen molar-refractivity contribution in [2.45, 2.75) is 35.6 Å². The average molecular weight is 390 g/mol. The molecule has 0 bridgehead atoms. The number of rotatable bonds is 7. The molecule has 2 N–H and O–H groups in total. The summed E-state index contributed by atoms with van der Waals surface area (Å²) in [6.07, 6.45) is 0.550. The number of alkyl halides is 3. The molecule has 0 aromatic carbocycles. The van der Waals surface area contributed by atoms with E-state index in [0.717, 1.165) is 0 Å². The Kier molecular flexibility index (Phi) is 8.73. The fourth-order valence-electron chi connectivity index (χ4n) is 1.49. The lowest BCUT2D eigenvalue weighted by molar-refractivity contribution is -0.145. The molecule has 0 aliphatic carbocycles. The molecule has 0 rings (SSSR count). The zero-order valence-corrected chi connectivity index (χ0v) is 15.2. The van der Waals surface area contributed by atoms with Crippen LogP contribution in [-0.2, 0) is 19.1 Å². The summed E-state index contributed by atoms with van der Waals surface area (Å²) < 4.78 is 7.46. The summed E-state index contributed by atoms with van der Waals surface area (Å²) in [6.45, 7) is 5.91. The maximum Gasteiger partial charge on any atom is 0.408 e. The van der Waals surface area contributed by atoms with Gasteiger partial charge in [0.1, 0.15) is 18.2 Å². The molecule has 2 amide bonds. The number of carbonyl (C=O) groups excluding carboxylic acids is 3. The molecule has 0 unspecified atom stereocenters. The minimum atomic E-state index is -1.77. The monoisotopic (exact) mass is 388 g/mol. The predicted octanol–water partition coefficient (Wildman–Crippen LogP) is 2.10. The third-order valence-electron chi connectivity index (χ3n) is 2.70. The molecule has 23 heavy (non-hydrogen) atoms. The maximum absolute atomic E-state index is 12.3. The quantitative estimate of drug-likeness (QED) is 0.395. The number of nitrogens with one attached hydrogen (secondary N) is 2. The van der Waals surface area contributed by atoms with Gasteiger partial charge in [-0.1, -0.05) is 40.9 Å². The van der Waals surface area contributed by atoms with Crippen LogP contribution in [0, 0.1) is 0 Å². The number of esters is 1. The molecule has 0 fully saturated rings. The minimum absolute atomic E-state index is 0.0790. The highest BCUT2D eigenvalue weighted by Crippen LogP contribution is 2.26. The Bertz CT molecular complexity index is 467. The standard InChI is InChI=1S/C13H19Cl3N2O5/c1-5-6-12(3,10(20)17-8(2)9(19)22-4)18-11(21)23-7-13(14,15)16/h5,8H,1,6-7H2,2-4H3,(H,17,20)(H,18,21)/t8-,12+/m1/s1. The van der Waals surface area contributed by atoms with Crippen molar-refractivity contribution >= 4 is 52.8 Å². The molecule has 0 aliphatic heterocycles. The van der Waals surface area contributed by atoms with E-state index in [-0.39, 0.29) is 6.42 Å². The van der Waals surface area contributed by atoms with E-state index in [4.69, 9.17) is 39.5 Å². The van der Waals surface area contributed by atoms with Crippen LogP contribution in [-0.4, -0.2) is 47.1 Å². The Morgan fingerprint density at radius 3 is 2.30 bits per heavy atom. The van der Waals surface area contributed by atoms with Gasteiger partial charge in [0.15, 0.2) is 0 Å². The summed E-state index contributed by atoms with van der Waals surface area (Å²) in [4.78, 5) is 35.4. The van der Waals surface area contributed by atoms with Gasteiger partial charge in [0.25, 0.3) is 0 Å². The summed E-state index contributed by atoms with van der Waals surface area (Å²) in [5.74, 6) is -1.25. The highest BCUT2D eigenvalue weighted by molar-refractivity contribution is 6.67. The minimum Gasteiger partial charge on any atom is -0.467 e. The van der Waals surface area contributed by atoms with Crippen molar-refractivity contribution in [1.82, 2.24) is 10.6 Å². The van der Waals surface area contributed by atoms with E-state index in [1.165, 1.54) is 27.0 Å². The highest BCUT2D eigenvalue weighted by atomic mass is 35.6. The van der Waals surface area contributed by atoms with Crippen LogP contribution >= 0.6 is 34.8 Å². The smallest absolute Gasteiger partial charge is 0.408 e. The molecule has 2 atom stereocenters. The van der Waals surface area contributed by atoms with Crippen LogP contribution in [0.5, 0.6) is 0 Å². The maximum atomic E-state index is 12.3.